The van der Waals surface area contributed by atoms with Crippen LogP contribution in [0.15, 0.2) is 59.5 Å². The first-order valence-electron chi connectivity index (χ1n) is 26.1. The molecule has 2 saturated heterocycles. The Balaban J connectivity index is 0.847. The van der Waals surface area contributed by atoms with Crippen LogP contribution in [0, 0.1) is 0 Å². The lowest BCUT2D eigenvalue weighted by Crippen LogP contribution is -2.52. The summed E-state index contributed by atoms with van der Waals surface area (Å²) in [5, 5.41) is 14.6. The van der Waals surface area contributed by atoms with Gasteiger partial charge in [0.15, 0.2) is 0 Å². The highest BCUT2D eigenvalue weighted by Crippen LogP contribution is 2.41. The third-order valence-corrected chi connectivity index (χ3v) is 15.3. The number of aromatic nitrogens is 2. The smallest absolute Gasteiger partial charge is 0.274 e. The molecule has 24 heteroatoms. The van der Waals surface area contributed by atoms with Crippen LogP contribution in [0.1, 0.15) is 107 Å². The third-order valence-electron chi connectivity index (χ3n) is 14.7. The van der Waals surface area contributed by atoms with Gasteiger partial charge in [0.2, 0.25) is 27.7 Å². The highest BCUT2D eigenvalue weighted by atomic mass is 32.2. The number of piperidine rings is 2. The van der Waals surface area contributed by atoms with Crippen LogP contribution < -0.4 is 41.6 Å². The fraction of sp³-hybridized carbons (Fsp3) is 0.453. The van der Waals surface area contributed by atoms with E-state index in [0.717, 1.165) is 92.6 Å². The number of fused-ring (bicyclic) bond motifs is 2. The Morgan fingerprint density at radius 1 is 0.792 bits per heavy atom. The molecule has 23 nitrogen and oxygen atoms in total. The van der Waals surface area contributed by atoms with Crippen LogP contribution >= 0.6 is 0 Å². The van der Waals surface area contributed by atoms with Gasteiger partial charge in [-0.15, -0.1) is 0 Å². The number of sulfonamides is 1. The monoisotopic (exact) mass is 1080 g/mol. The first-order chi connectivity index (χ1) is 36.9. The van der Waals surface area contributed by atoms with Gasteiger partial charge in [0.1, 0.15) is 23.0 Å². The Kier molecular flexibility index (Phi) is 16.2. The van der Waals surface area contributed by atoms with E-state index >= 15 is 0 Å². The first-order valence-corrected chi connectivity index (χ1v) is 28.0. The molecule has 1 aliphatic carbocycles. The maximum absolute atomic E-state index is 14.2. The van der Waals surface area contributed by atoms with E-state index in [0.29, 0.717) is 35.0 Å². The Labute approximate surface area is 443 Å². The van der Waals surface area contributed by atoms with E-state index in [4.69, 9.17) is 4.74 Å². The van der Waals surface area contributed by atoms with Crippen molar-refractivity contribution in [3.63, 3.8) is 0 Å². The molecule has 6 heterocycles. The lowest BCUT2D eigenvalue weighted by molar-refractivity contribution is -0.138. The number of imide groups is 2. The molecule has 1 atom stereocenters. The third kappa shape index (κ3) is 12.5. The number of amides is 8. The number of hydrogen-bond donors (Lipinski definition) is 7. The number of likely N-dealkylation sites (tertiary alicyclic amines) is 1. The van der Waals surface area contributed by atoms with Crippen LogP contribution in [0.4, 0.5) is 11.4 Å². The molecule has 9 rings (SSSR count). The van der Waals surface area contributed by atoms with Crippen molar-refractivity contribution in [2.45, 2.75) is 95.4 Å². The number of carbonyl (C=O) groups is 8. The van der Waals surface area contributed by atoms with E-state index in [-0.39, 0.29) is 104 Å². The van der Waals surface area contributed by atoms with Crippen LogP contribution in [-0.4, -0.2) is 150 Å². The largest absolute Gasteiger partial charge is 0.490 e. The Morgan fingerprint density at radius 2 is 1.52 bits per heavy atom. The molecule has 0 radical (unpaired) electrons. The van der Waals surface area contributed by atoms with E-state index < -0.39 is 57.1 Å². The molecule has 0 spiro atoms. The molecular formula is C53H63N11O12S. The molecule has 3 fully saturated rings. The summed E-state index contributed by atoms with van der Waals surface area (Å²) in [7, 11) is -2.40. The van der Waals surface area contributed by atoms with Crippen LogP contribution in [0.3, 0.4) is 0 Å². The number of anilines is 2. The number of nitrogens with one attached hydrogen (secondary N) is 7. The second-order valence-electron chi connectivity index (χ2n) is 20.2. The number of ether oxygens (including phenoxy) is 1. The second-order valence-corrected chi connectivity index (χ2v) is 21.9. The number of carbonyl (C=O) groups excluding carboxylic acids is 8. The number of H-pyrrole nitrogens is 1. The summed E-state index contributed by atoms with van der Waals surface area (Å²) in [4.78, 5) is 123. The highest BCUT2D eigenvalue weighted by Gasteiger charge is 2.40. The predicted molar refractivity (Wildman–Crippen MR) is 283 cm³/mol. The van der Waals surface area contributed by atoms with Crippen LogP contribution in [0.5, 0.6) is 5.75 Å². The predicted octanol–water partition coefficient (Wildman–Crippen LogP) is 2.24. The summed E-state index contributed by atoms with van der Waals surface area (Å²) in [6.45, 7) is 2.78. The van der Waals surface area contributed by atoms with Crippen molar-refractivity contribution in [2.75, 3.05) is 62.1 Å². The maximum atomic E-state index is 14.2. The Bertz CT molecular complexity index is 3230. The van der Waals surface area contributed by atoms with Gasteiger partial charge in [-0.1, -0.05) is 12.5 Å². The minimum Gasteiger partial charge on any atom is -0.490 e. The number of pyridine rings is 1. The van der Waals surface area contributed by atoms with E-state index in [2.05, 4.69) is 41.2 Å². The number of aromatic amines is 1. The molecule has 8 amide bonds. The Hall–Kier alpha value is -7.86. The van der Waals surface area contributed by atoms with Gasteiger partial charge < -0.3 is 45.4 Å². The van der Waals surface area contributed by atoms with Crippen molar-refractivity contribution in [3.8, 4) is 16.9 Å². The van der Waals surface area contributed by atoms with Gasteiger partial charge in [0, 0.05) is 123 Å². The number of hydrogen-bond acceptors (Lipinski definition) is 14. The molecule has 2 aromatic heterocycles. The molecule has 4 aromatic rings. The summed E-state index contributed by atoms with van der Waals surface area (Å²) >= 11 is 0. The van der Waals surface area contributed by atoms with Gasteiger partial charge in [0.25, 0.3) is 35.1 Å². The summed E-state index contributed by atoms with van der Waals surface area (Å²) in [5.41, 5.74) is 2.71. The van der Waals surface area contributed by atoms with Crippen LogP contribution in [0.25, 0.3) is 22.0 Å². The van der Waals surface area contributed by atoms with Crippen molar-refractivity contribution in [3.05, 3.63) is 87.5 Å². The fourth-order valence-electron chi connectivity index (χ4n) is 10.7. The fourth-order valence-corrected chi connectivity index (χ4v) is 11.2. The number of rotatable bonds is 20. The summed E-state index contributed by atoms with van der Waals surface area (Å²) in [6, 6.07) is 9.53. The van der Waals surface area contributed by atoms with E-state index in [1.165, 1.54) is 22.8 Å². The zero-order valence-electron chi connectivity index (χ0n) is 43.0. The average molecular weight is 1080 g/mol. The van der Waals surface area contributed by atoms with E-state index in [1.54, 1.807) is 24.2 Å². The average Bonchev–Trinajstić information content (AvgIpc) is 4.12. The lowest BCUT2D eigenvalue weighted by atomic mass is 9.96. The van der Waals surface area contributed by atoms with Crippen molar-refractivity contribution in [1.29, 1.82) is 0 Å². The molecule has 5 aliphatic rings. The first kappa shape index (κ1) is 53.9. The molecule has 408 valence electrons. The van der Waals surface area contributed by atoms with Gasteiger partial charge >= 0.3 is 0 Å². The van der Waals surface area contributed by atoms with Gasteiger partial charge in [-0.05, 0) is 88.2 Å². The number of nitrogens with zero attached hydrogens (tertiary/aromatic N) is 4. The molecule has 77 heavy (non-hydrogen) atoms. The molecule has 4 aliphatic heterocycles. The van der Waals surface area contributed by atoms with Crippen LogP contribution in [0.2, 0.25) is 0 Å². The molecule has 0 bridgehead atoms. The second kappa shape index (κ2) is 23.2. The minimum absolute atomic E-state index is 0.00812. The summed E-state index contributed by atoms with van der Waals surface area (Å²) < 4.78 is 36.4. The van der Waals surface area contributed by atoms with Crippen molar-refractivity contribution < 1.29 is 51.5 Å². The van der Waals surface area contributed by atoms with Gasteiger partial charge in [0.05, 0.1) is 23.6 Å². The standard InChI is InChI=1S/C53H63N11O12S/c1-61-29-37(35-27-41(58-48(35)53(61)73)50(70)56-21-20-54-44(65)18-25-63-46(67)14-15-47(63)68)34-26-40(60-77(2,74)75)36(28-43(34)76-32-8-4-3-5-9-32)49(69)55-19-7-22-62-23-16-31(17-24-62)57-39-11-6-10-33-38(39)30-64(52(33)72)42-12-13-45(66)59-51(42)71/h6,10-11,14-15,26-29,31-32,42,57-58,60H,3-5,7-9,12-13,16-25,30H2,1-2H3,(H,54,65)(H,55,69)(H,56,70)(H,59,66,71). The molecule has 1 unspecified atom stereocenters. The SMILES string of the molecule is Cn1cc(-c2cc(NS(C)(=O)=O)c(C(=O)NCCCN3CCC(Nc4cccc5c4CN(C4CCC(=O)NC4=O)C5=O)CC3)cc2OC2CCCCC2)c2cc(C(=O)NCCNC(=O)CCN3C(=O)C=CC3=O)[nH]c2c1=O. The van der Waals surface area contributed by atoms with Gasteiger partial charge in [-0.25, -0.2) is 8.42 Å². The molecule has 1 saturated carbocycles. The van der Waals surface area contributed by atoms with Crippen molar-refractivity contribution in [2.24, 2.45) is 7.05 Å². The van der Waals surface area contributed by atoms with Gasteiger partial charge in [-0.2, -0.15) is 0 Å². The van der Waals surface area contributed by atoms with E-state index in [9.17, 15) is 51.6 Å². The number of aryl methyl sites for hydroxylation is 1. The normalized spacial score (nSPS) is 18.4. The Morgan fingerprint density at radius 3 is 2.25 bits per heavy atom. The number of benzene rings is 2. The van der Waals surface area contributed by atoms with Gasteiger partial charge in [-0.3, -0.25) is 58.1 Å². The quantitative estimate of drug-likeness (QED) is 0.0494. The highest BCUT2D eigenvalue weighted by molar-refractivity contribution is 7.92. The maximum Gasteiger partial charge on any atom is 0.274 e. The lowest BCUT2D eigenvalue weighted by Gasteiger charge is -2.33. The summed E-state index contributed by atoms with van der Waals surface area (Å²) in [6.07, 6.45) is 11.6. The van der Waals surface area contributed by atoms with E-state index in [1.807, 2.05) is 12.1 Å². The molecular weight excluding hydrogens is 1010 g/mol. The zero-order valence-corrected chi connectivity index (χ0v) is 43.8. The topological polar surface area (TPSA) is 300 Å². The van der Waals surface area contributed by atoms with Crippen LogP contribution in [-0.2, 0) is 47.6 Å². The van der Waals surface area contributed by atoms with Crippen molar-refractivity contribution in [1.82, 2.24) is 45.5 Å². The summed E-state index contributed by atoms with van der Waals surface area (Å²) in [5.74, 6) is -3.25. The molecule has 7 N–H and O–H groups in total. The molecule has 2 aromatic carbocycles. The minimum atomic E-state index is -3.94. The van der Waals surface area contributed by atoms with Crippen molar-refractivity contribution >= 4 is 79.6 Å². The zero-order chi connectivity index (χ0) is 54.5.